The molecule has 0 heterocycles. The average molecular weight is 206 g/mol. The Morgan fingerprint density at radius 3 is 2.77 bits per heavy atom. The number of allylic oxidation sites excluding steroid dienone is 1. The van der Waals surface area contributed by atoms with Gasteiger partial charge < -0.3 is 10.8 Å². The van der Waals surface area contributed by atoms with Crippen LogP contribution in [0.1, 0.15) is 25.7 Å². The molecule has 0 aromatic carbocycles. The summed E-state index contributed by atoms with van der Waals surface area (Å²) in [7, 11) is 0. The van der Waals surface area contributed by atoms with E-state index in [0.29, 0.717) is 6.42 Å². The van der Waals surface area contributed by atoms with E-state index in [2.05, 4.69) is 0 Å². The lowest BCUT2D eigenvalue weighted by Gasteiger charge is -2.18. The summed E-state index contributed by atoms with van der Waals surface area (Å²) in [5.41, 5.74) is 5.68. The molecule has 13 heavy (non-hydrogen) atoms. The van der Waals surface area contributed by atoms with Crippen LogP contribution < -0.4 is 5.73 Å². The molecule has 0 saturated heterocycles. The maximum atomic E-state index is 10.7. The highest BCUT2D eigenvalue weighted by atomic mass is 35.5. The van der Waals surface area contributed by atoms with Crippen molar-refractivity contribution in [2.45, 2.75) is 31.7 Å². The zero-order chi connectivity index (χ0) is 8.97. The first kappa shape index (κ1) is 12.5. The molecule has 1 aliphatic rings. The highest BCUT2D eigenvalue weighted by molar-refractivity contribution is 5.85. The second-order valence-electron chi connectivity index (χ2n) is 3.23. The second-order valence-corrected chi connectivity index (χ2v) is 3.23. The van der Waals surface area contributed by atoms with Crippen LogP contribution in [0.4, 0.5) is 0 Å². The van der Waals surface area contributed by atoms with Crippen molar-refractivity contribution >= 4 is 18.4 Å². The Bertz CT molecular complexity index is 194. The Hall–Kier alpha value is -0.540. The highest BCUT2D eigenvalue weighted by Crippen LogP contribution is 2.17. The summed E-state index contributed by atoms with van der Waals surface area (Å²) in [6.07, 6.45) is 7.58. The number of nitrogens with two attached hydrogens (primary N) is 1. The lowest BCUT2D eigenvalue weighted by molar-refractivity contribution is -0.142. The number of carbonyl (C=O) groups is 1. The molecular formula is C9H16ClNO2. The SMILES string of the molecule is Cl.N[C@H]1C=CCCCC[C@H]1C(=O)O. The van der Waals surface area contributed by atoms with Crippen LogP contribution in [0.2, 0.25) is 0 Å². The first-order valence-electron chi connectivity index (χ1n) is 4.37. The molecule has 0 saturated carbocycles. The Kier molecular flexibility index (Phi) is 5.75. The van der Waals surface area contributed by atoms with Crippen molar-refractivity contribution in [1.29, 1.82) is 0 Å². The number of rotatable bonds is 1. The van der Waals surface area contributed by atoms with Gasteiger partial charge in [-0.2, -0.15) is 0 Å². The maximum Gasteiger partial charge on any atom is 0.308 e. The van der Waals surface area contributed by atoms with E-state index in [1.165, 1.54) is 0 Å². The number of aliphatic carboxylic acids is 1. The van der Waals surface area contributed by atoms with Crippen LogP contribution in [0.25, 0.3) is 0 Å². The van der Waals surface area contributed by atoms with E-state index in [-0.39, 0.29) is 24.4 Å². The van der Waals surface area contributed by atoms with E-state index in [0.717, 1.165) is 19.3 Å². The monoisotopic (exact) mass is 205 g/mol. The third-order valence-electron chi connectivity index (χ3n) is 2.28. The minimum Gasteiger partial charge on any atom is -0.481 e. The Balaban J connectivity index is 0.00000144. The first-order valence-corrected chi connectivity index (χ1v) is 4.37. The summed E-state index contributed by atoms with van der Waals surface area (Å²) in [4.78, 5) is 10.7. The van der Waals surface area contributed by atoms with Crippen LogP contribution in [0.5, 0.6) is 0 Å². The van der Waals surface area contributed by atoms with Crippen LogP contribution in [0.15, 0.2) is 12.2 Å². The van der Waals surface area contributed by atoms with Crippen LogP contribution in [0, 0.1) is 5.92 Å². The molecule has 0 aromatic heterocycles. The van der Waals surface area contributed by atoms with Crippen molar-refractivity contribution in [3.63, 3.8) is 0 Å². The first-order chi connectivity index (χ1) is 5.72. The average Bonchev–Trinajstić information content (AvgIpc) is 1.96. The number of halogens is 1. The molecule has 0 unspecified atom stereocenters. The standard InChI is InChI=1S/C9H15NO2.ClH/c10-8-6-4-2-1-3-5-7(8)9(11)12;/h4,6-8H,1-3,5,10H2,(H,11,12);1H/t7-,8+;/m1./s1. The van der Waals surface area contributed by atoms with Crippen molar-refractivity contribution in [1.82, 2.24) is 0 Å². The van der Waals surface area contributed by atoms with Gasteiger partial charge in [0.05, 0.1) is 5.92 Å². The topological polar surface area (TPSA) is 63.3 Å². The number of hydrogen-bond donors (Lipinski definition) is 2. The molecule has 1 rings (SSSR count). The van der Waals surface area contributed by atoms with E-state index in [1.807, 2.05) is 12.2 Å². The predicted octanol–water partition coefficient (Wildman–Crippen LogP) is 1.57. The van der Waals surface area contributed by atoms with Crippen LogP contribution in [-0.2, 0) is 4.79 Å². The lowest BCUT2D eigenvalue weighted by Crippen LogP contribution is -2.34. The Labute approximate surface area is 84.4 Å². The van der Waals surface area contributed by atoms with E-state index < -0.39 is 5.97 Å². The predicted molar refractivity (Wildman–Crippen MR) is 54.0 cm³/mol. The molecule has 0 aromatic rings. The Morgan fingerprint density at radius 1 is 1.46 bits per heavy atom. The minimum absolute atomic E-state index is 0. The second kappa shape index (κ2) is 6.00. The van der Waals surface area contributed by atoms with Crippen molar-refractivity contribution in [3.05, 3.63) is 12.2 Å². The smallest absolute Gasteiger partial charge is 0.308 e. The van der Waals surface area contributed by atoms with Gasteiger partial charge in [-0.3, -0.25) is 4.79 Å². The van der Waals surface area contributed by atoms with Gasteiger partial charge in [-0.1, -0.05) is 18.6 Å². The molecule has 0 spiro atoms. The molecule has 4 heteroatoms. The van der Waals surface area contributed by atoms with Crippen molar-refractivity contribution in [2.75, 3.05) is 0 Å². The summed E-state index contributed by atoms with van der Waals surface area (Å²) in [5, 5.41) is 8.81. The van der Waals surface area contributed by atoms with Gasteiger partial charge in [0.2, 0.25) is 0 Å². The summed E-state index contributed by atoms with van der Waals surface area (Å²) in [5.74, 6) is -1.16. The molecule has 0 aliphatic heterocycles. The number of carboxylic acid groups (broad SMARTS) is 1. The van der Waals surface area contributed by atoms with Gasteiger partial charge in [-0.15, -0.1) is 12.4 Å². The van der Waals surface area contributed by atoms with Gasteiger partial charge in [-0.25, -0.2) is 0 Å². The molecule has 3 N–H and O–H groups in total. The fraction of sp³-hybridized carbons (Fsp3) is 0.667. The minimum atomic E-state index is -0.769. The van der Waals surface area contributed by atoms with Gasteiger partial charge in [0.25, 0.3) is 0 Å². The van der Waals surface area contributed by atoms with Gasteiger partial charge in [-0.05, 0) is 19.3 Å². The van der Waals surface area contributed by atoms with Crippen LogP contribution in [-0.4, -0.2) is 17.1 Å². The van der Waals surface area contributed by atoms with Crippen molar-refractivity contribution in [3.8, 4) is 0 Å². The van der Waals surface area contributed by atoms with Gasteiger partial charge in [0.15, 0.2) is 0 Å². The molecule has 2 atom stereocenters. The van der Waals surface area contributed by atoms with Crippen LogP contribution in [0.3, 0.4) is 0 Å². The van der Waals surface area contributed by atoms with E-state index in [4.69, 9.17) is 10.8 Å². The van der Waals surface area contributed by atoms with Gasteiger partial charge in [0.1, 0.15) is 0 Å². The zero-order valence-electron chi connectivity index (χ0n) is 7.48. The van der Waals surface area contributed by atoms with E-state index in [1.54, 1.807) is 0 Å². The van der Waals surface area contributed by atoms with Gasteiger partial charge >= 0.3 is 5.97 Å². The number of carboxylic acids is 1. The Morgan fingerprint density at radius 2 is 2.15 bits per heavy atom. The molecule has 76 valence electrons. The third-order valence-corrected chi connectivity index (χ3v) is 2.28. The van der Waals surface area contributed by atoms with Gasteiger partial charge in [0, 0.05) is 6.04 Å². The largest absolute Gasteiger partial charge is 0.481 e. The fourth-order valence-electron chi connectivity index (χ4n) is 1.49. The lowest BCUT2D eigenvalue weighted by atomic mass is 9.91. The maximum absolute atomic E-state index is 10.7. The normalized spacial score (nSPS) is 28.4. The summed E-state index contributed by atoms with van der Waals surface area (Å²) < 4.78 is 0. The molecular weight excluding hydrogens is 190 g/mol. The molecule has 0 bridgehead atoms. The quantitative estimate of drug-likeness (QED) is 0.639. The molecule has 3 nitrogen and oxygen atoms in total. The van der Waals surface area contributed by atoms with E-state index >= 15 is 0 Å². The molecule has 0 amide bonds. The molecule has 0 radical (unpaired) electrons. The molecule has 1 aliphatic carbocycles. The number of hydrogen-bond acceptors (Lipinski definition) is 2. The van der Waals surface area contributed by atoms with E-state index in [9.17, 15) is 4.79 Å². The zero-order valence-corrected chi connectivity index (χ0v) is 8.30. The molecule has 0 fully saturated rings. The third kappa shape index (κ3) is 3.79. The summed E-state index contributed by atoms with van der Waals surface area (Å²) >= 11 is 0. The summed E-state index contributed by atoms with van der Waals surface area (Å²) in [6, 6.07) is -0.303. The van der Waals surface area contributed by atoms with Crippen LogP contribution >= 0.6 is 12.4 Å². The van der Waals surface area contributed by atoms with Crippen molar-refractivity contribution in [2.24, 2.45) is 11.7 Å². The summed E-state index contributed by atoms with van der Waals surface area (Å²) in [6.45, 7) is 0. The fourth-order valence-corrected chi connectivity index (χ4v) is 1.49. The highest BCUT2D eigenvalue weighted by Gasteiger charge is 2.23. The van der Waals surface area contributed by atoms with Crippen molar-refractivity contribution < 1.29 is 9.90 Å².